The number of rotatable bonds is 7. The number of hydrogen-bond donors (Lipinski definition) is 2. The molecule has 1 aromatic heterocycles. The Morgan fingerprint density at radius 3 is 2.50 bits per heavy atom. The van der Waals surface area contributed by atoms with Gasteiger partial charge in [0, 0.05) is 11.9 Å². The maximum atomic E-state index is 13.5. The number of carbonyl (C=O) groups is 1. The third-order valence-electron chi connectivity index (χ3n) is 5.75. The quantitative estimate of drug-likeness (QED) is 0.387. The fourth-order valence-corrected chi connectivity index (χ4v) is 4.07. The minimum Gasteiger partial charge on any atom is -0.314 e. The lowest BCUT2D eigenvalue weighted by Crippen LogP contribution is -2.40. The van der Waals surface area contributed by atoms with Gasteiger partial charge in [0.15, 0.2) is 0 Å². The van der Waals surface area contributed by atoms with Crippen LogP contribution in [-0.2, 0) is 0 Å². The van der Waals surface area contributed by atoms with Crippen molar-refractivity contribution in [3.63, 3.8) is 0 Å². The average molecular weight is 429 g/mol. The van der Waals surface area contributed by atoms with Crippen LogP contribution in [0.2, 0.25) is 0 Å². The summed E-state index contributed by atoms with van der Waals surface area (Å²) in [6, 6.07) is 20.6. The Balaban J connectivity index is 1.70. The van der Waals surface area contributed by atoms with Gasteiger partial charge in [-0.1, -0.05) is 68.8 Å². The number of H-pyrrole nitrogens is 1. The van der Waals surface area contributed by atoms with Crippen LogP contribution in [0.15, 0.2) is 71.5 Å². The zero-order valence-corrected chi connectivity index (χ0v) is 18.5. The molecule has 2 amide bonds. The van der Waals surface area contributed by atoms with Crippen LogP contribution in [0.25, 0.3) is 21.7 Å². The molecule has 0 radical (unpaired) electrons. The number of unbranched alkanes of at least 4 members (excludes halogenated alkanes) is 1. The molecule has 6 nitrogen and oxygen atoms in total. The Bertz CT molecular complexity index is 1290. The third kappa shape index (κ3) is 4.35. The van der Waals surface area contributed by atoms with Crippen LogP contribution in [0.4, 0.5) is 10.5 Å². The largest absolute Gasteiger partial charge is 0.322 e. The van der Waals surface area contributed by atoms with Gasteiger partial charge in [-0.05, 0) is 36.4 Å². The van der Waals surface area contributed by atoms with Gasteiger partial charge in [-0.2, -0.15) is 0 Å². The molecule has 32 heavy (non-hydrogen) atoms. The predicted octanol–water partition coefficient (Wildman–Crippen LogP) is 5.86. The topological polar surface area (TPSA) is 78.1 Å². The van der Waals surface area contributed by atoms with E-state index in [-0.39, 0.29) is 17.6 Å². The summed E-state index contributed by atoms with van der Waals surface area (Å²) in [7, 11) is 0. The number of nitrogens with one attached hydrogen (secondary N) is 2. The van der Waals surface area contributed by atoms with Crippen molar-refractivity contribution in [1.29, 1.82) is 0 Å². The number of para-hydroxylation sites is 1. The number of fused-ring (bicyclic) bond motifs is 2. The van der Waals surface area contributed by atoms with Crippen LogP contribution in [0.3, 0.4) is 0 Å². The van der Waals surface area contributed by atoms with Crippen molar-refractivity contribution in [2.24, 2.45) is 0 Å². The van der Waals surface area contributed by atoms with Crippen LogP contribution in [0, 0.1) is 0 Å². The number of anilines is 1. The molecule has 1 unspecified atom stereocenters. The van der Waals surface area contributed by atoms with Crippen LogP contribution in [0.1, 0.15) is 45.0 Å². The highest BCUT2D eigenvalue weighted by Crippen LogP contribution is 2.27. The van der Waals surface area contributed by atoms with E-state index in [0.29, 0.717) is 29.7 Å². The van der Waals surface area contributed by atoms with Crippen molar-refractivity contribution >= 4 is 33.4 Å². The Labute approximate surface area is 187 Å². The molecule has 0 spiro atoms. The van der Waals surface area contributed by atoms with E-state index in [1.165, 1.54) is 0 Å². The predicted molar refractivity (Wildman–Crippen MR) is 130 cm³/mol. The maximum Gasteiger partial charge on any atom is 0.322 e. The van der Waals surface area contributed by atoms with Gasteiger partial charge in [-0.15, -0.1) is 0 Å². The SMILES string of the molecule is CCCCN(C(=O)Nc1cccc2ccccc12)C(CC)c1nc2ccccc2c(=O)[nH]1. The molecule has 1 atom stereocenters. The highest BCUT2D eigenvalue weighted by atomic mass is 16.2. The summed E-state index contributed by atoms with van der Waals surface area (Å²) in [5, 5.41) is 5.70. The summed E-state index contributed by atoms with van der Waals surface area (Å²) >= 11 is 0. The van der Waals surface area contributed by atoms with E-state index in [2.05, 4.69) is 17.2 Å². The molecule has 0 fully saturated rings. The molecule has 164 valence electrons. The Morgan fingerprint density at radius 1 is 1.00 bits per heavy atom. The molecule has 0 aliphatic rings. The highest BCUT2D eigenvalue weighted by Gasteiger charge is 2.26. The van der Waals surface area contributed by atoms with Crippen LogP contribution < -0.4 is 10.9 Å². The minimum atomic E-state index is -0.339. The van der Waals surface area contributed by atoms with Crippen molar-refractivity contribution in [3.8, 4) is 0 Å². The van der Waals surface area contributed by atoms with Crippen molar-refractivity contribution < 1.29 is 4.79 Å². The number of amides is 2. The molecular weight excluding hydrogens is 400 g/mol. The van der Waals surface area contributed by atoms with Gasteiger partial charge < -0.3 is 15.2 Å². The summed E-state index contributed by atoms with van der Waals surface area (Å²) in [6.07, 6.45) is 2.45. The normalized spacial score (nSPS) is 12.1. The van der Waals surface area contributed by atoms with Crippen molar-refractivity contribution in [1.82, 2.24) is 14.9 Å². The van der Waals surface area contributed by atoms with Gasteiger partial charge in [-0.3, -0.25) is 4.79 Å². The Hall–Kier alpha value is -3.67. The number of urea groups is 1. The molecule has 1 heterocycles. The first-order valence-corrected chi connectivity index (χ1v) is 11.2. The van der Waals surface area contributed by atoms with E-state index in [4.69, 9.17) is 4.98 Å². The van der Waals surface area contributed by atoms with Gasteiger partial charge in [-0.25, -0.2) is 9.78 Å². The molecule has 0 aliphatic heterocycles. The van der Waals surface area contributed by atoms with Crippen molar-refractivity contribution in [3.05, 3.63) is 82.9 Å². The second kappa shape index (κ2) is 9.64. The molecule has 4 aromatic rings. The van der Waals surface area contributed by atoms with Gasteiger partial charge in [0.05, 0.1) is 22.6 Å². The zero-order chi connectivity index (χ0) is 22.5. The number of nitrogens with zero attached hydrogens (tertiary/aromatic N) is 2. The summed E-state index contributed by atoms with van der Waals surface area (Å²) in [5.41, 5.74) is 1.22. The second-order valence-corrected chi connectivity index (χ2v) is 7.90. The van der Waals surface area contributed by atoms with Gasteiger partial charge in [0.25, 0.3) is 5.56 Å². The Morgan fingerprint density at radius 2 is 1.72 bits per heavy atom. The molecule has 6 heteroatoms. The second-order valence-electron chi connectivity index (χ2n) is 7.90. The highest BCUT2D eigenvalue weighted by molar-refractivity contribution is 6.01. The van der Waals surface area contributed by atoms with Crippen molar-refractivity contribution in [2.45, 2.75) is 39.2 Å². The molecule has 2 N–H and O–H groups in total. The number of benzene rings is 3. The van der Waals surface area contributed by atoms with E-state index in [0.717, 1.165) is 29.3 Å². The lowest BCUT2D eigenvalue weighted by atomic mass is 10.1. The molecule has 0 saturated carbocycles. The number of hydrogen-bond acceptors (Lipinski definition) is 3. The van der Waals surface area contributed by atoms with Gasteiger partial charge in [0.2, 0.25) is 0 Å². The minimum absolute atomic E-state index is 0.186. The zero-order valence-electron chi connectivity index (χ0n) is 18.5. The first kappa shape index (κ1) is 21.6. The van der Waals surface area contributed by atoms with Crippen LogP contribution >= 0.6 is 0 Å². The average Bonchev–Trinajstić information content (AvgIpc) is 2.82. The van der Waals surface area contributed by atoms with E-state index in [9.17, 15) is 9.59 Å². The first-order chi connectivity index (χ1) is 15.6. The smallest absolute Gasteiger partial charge is 0.314 e. The molecule has 0 aliphatic carbocycles. The van der Waals surface area contributed by atoms with Gasteiger partial charge >= 0.3 is 6.03 Å². The number of aromatic nitrogens is 2. The van der Waals surface area contributed by atoms with Crippen molar-refractivity contribution in [2.75, 3.05) is 11.9 Å². The summed E-state index contributed by atoms with van der Waals surface area (Å²) in [4.78, 5) is 35.5. The molecular formula is C26H28N4O2. The van der Waals surface area contributed by atoms with E-state index >= 15 is 0 Å². The first-order valence-electron chi connectivity index (χ1n) is 11.2. The van der Waals surface area contributed by atoms with E-state index < -0.39 is 0 Å². The standard InChI is InChI=1S/C26H28N4O2/c1-3-5-17-30(26(32)28-21-16-10-12-18-11-6-7-13-19(18)21)23(4-2)24-27-22-15-9-8-14-20(22)25(31)29-24/h6-16,23H,3-5,17H2,1-2H3,(H,28,32)(H,27,29,31). The lowest BCUT2D eigenvalue weighted by Gasteiger charge is -2.31. The lowest BCUT2D eigenvalue weighted by molar-refractivity contribution is 0.181. The monoisotopic (exact) mass is 428 g/mol. The third-order valence-corrected chi connectivity index (χ3v) is 5.75. The molecule has 0 bridgehead atoms. The van der Waals surface area contributed by atoms with E-state index in [1.54, 1.807) is 11.0 Å². The molecule has 3 aromatic carbocycles. The van der Waals surface area contributed by atoms with Gasteiger partial charge in [0.1, 0.15) is 5.82 Å². The number of aromatic amines is 1. The molecule has 4 rings (SSSR count). The summed E-state index contributed by atoms with van der Waals surface area (Å²) in [5.74, 6) is 0.514. The fraction of sp³-hybridized carbons (Fsp3) is 0.269. The fourth-order valence-electron chi connectivity index (χ4n) is 4.07. The van der Waals surface area contributed by atoms with E-state index in [1.807, 2.05) is 67.6 Å². The van der Waals surface area contributed by atoms with Crippen LogP contribution in [0.5, 0.6) is 0 Å². The number of carbonyl (C=O) groups excluding carboxylic acids is 1. The van der Waals surface area contributed by atoms with Crippen LogP contribution in [-0.4, -0.2) is 27.4 Å². The Kier molecular flexibility index (Phi) is 6.50. The summed E-state index contributed by atoms with van der Waals surface area (Å²) in [6.45, 7) is 4.67. The summed E-state index contributed by atoms with van der Waals surface area (Å²) < 4.78 is 0. The molecule has 0 saturated heterocycles. The maximum absolute atomic E-state index is 13.5.